The molecule has 2 unspecified atom stereocenters. The maximum Gasteiger partial charge on any atom is 0.0770 e. The van der Waals surface area contributed by atoms with Gasteiger partial charge in [-0.2, -0.15) is 0 Å². The maximum absolute atomic E-state index is 6.07. The normalized spacial score (nSPS) is 18.5. The van der Waals surface area contributed by atoms with Crippen LogP contribution in [0.1, 0.15) is 12.5 Å². The average molecular weight is 637 g/mol. The summed E-state index contributed by atoms with van der Waals surface area (Å²) in [5, 5.41) is 0.293. The van der Waals surface area contributed by atoms with Gasteiger partial charge in [0.1, 0.15) is 0 Å². The van der Waals surface area contributed by atoms with Crippen LogP contribution in [-0.4, -0.2) is 11.5 Å². The molecule has 5 rings (SSSR count). The molecule has 2 nitrogen and oxygen atoms in total. The zero-order valence-electron chi connectivity index (χ0n) is 21.1. The number of hydrazine groups is 1. The van der Waals surface area contributed by atoms with E-state index in [-0.39, 0.29) is 0 Å². The van der Waals surface area contributed by atoms with Crippen molar-refractivity contribution in [1.29, 1.82) is 0 Å². The lowest BCUT2D eigenvalue weighted by Crippen LogP contribution is -2.35. The summed E-state index contributed by atoms with van der Waals surface area (Å²) < 4.78 is 1.60. The Morgan fingerprint density at radius 2 is 1.27 bits per heavy atom. The third-order valence-corrected chi connectivity index (χ3v) is 15.9. The smallest absolute Gasteiger partial charge is 0.0770 e. The summed E-state index contributed by atoms with van der Waals surface area (Å²) in [6.45, 7) is 2.37. The third-order valence-electron chi connectivity index (χ3n) is 8.00. The van der Waals surface area contributed by atoms with Crippen molar-refractivity contribution in [3.05, 3.63) is 133 Å². The molecule has 0 amide bonds. The SMILES string of the molecule is CC1C=C(c2ccc(S)c(N(N)I)c2)C=CC1[SH](C)(c1ccccc1)(c1ccccc1)c1ccccc1. The van der Waals surface area contributed by atoms with Gasteiger partial charge in [0.15, 0.2) is 0 Å². The lowest BCUT2D eigenvalue weighted by atomic mass is 9.93. The van der Waals surface area contributed by atoms with Gasteiger partial charge in [0.2, 0.25) is 0 Å². The molecule has 1 aliphatic carbocycles. The van der Waals surface area contributed by atoms with E-state index in [1.807, 2.05) is 6.07 Å². The van der Waals surface area contributed by atoms with Crippen molar-refractivity contribution >= 4 is 55.9 Å². The molecule has 2 atom stereocenters. The number of nitrogens with two attached hydrogens (primary N) is 1. The van der Waals surface area contributed by atoms with Gasteiger partial charge in [-0.1, -0.05) is 122 Å². The molecule has 4 aromatic carbocycles. The molecule has 0 radical (unpaired) electrons. The lowest BCUT2D eigenvalue weighted by Gasteiger charge is -2.65. The van der Waals surface area contributed by atoms with Crippen LogP contribution in [0.4, 0.5) is 5.69 Å². The van der Waals surface area contributed by atoms with E-state index in [0.29, 0.717) is 11.2 Å². The highest BCUT2D eigenvalue weighted by Gasteiger charge is 2.49. The van der Waals surface area contributed by atoms with Gasteiger partial charge in [0.05, 0.1) is 28.6 Å². The largest absolute Gasteiger partial charge is 0.250 e. The molecular formula is C32H33IN2S2. The minimum Gasteiger partial charge on any atom is -0.250 e. The molecule has 37 heavy (non-hydrogen) atoms. The molecule has 0 saturated carbocycles. The number of nitrogens with zero attached hydrogens (tertiary/aromatic N) is 1. The number of hydrogen-bond acceptors (Lipinski definition) is 3. The Balaban J connectivity index is 1.73. The van der Waals surface area contributed by atoms with Crippen LogP contribution < -0.4 is 9.06 Å². The summed E-state index contributed by atoms with van der Waals surface area (Å²) in [5.41, 5.74) is 3.27. The summed E-state index contributed by atoms with van der Waals surface area (Å²) in [4.78, 5) is 5.10. The van der Waals surface area contributed by atoms with Gasteiger partial charge in [-0.05, 0) is 50.1 Å². The van der Waals surface area contributed by atoms with Crippen molar-refractivity contribution < 1.29 is 0 Å². The summed E-state index contributed by atoms with van der Waals surface area (Å²) in [7, 11) is -2.95. The Bertz CT molecular complexity index is 1350. The number of thiol groups is 2. The molecule has 0 aliphatic heterocycles. The highest BCUT2D eigenvalue weighted by atomic mass is 127. The molecule has 4 aromatic rings. The molecule has 0 spiro atoms. The van der Waals surface area contributed by atoms with E-state index >= 15 is 0 Å². The van der Waals surface area contributed by atoms with Gasteiger partial charge in [0.25, 0.3) is 0 Å². The van der Waals surface area contributed by atoms with E-state index < -0.39 is 9.16 Å². The monoisotopic (exact) mass is 636 g/mol. The van der Waals surface area contributed by atoms with Gasteiger partial charge in [-0.15, -0.1) is 12.6 Å². The van der Waals surface area contributed by atoms with Crippen molar-refractivity contribution in [2.24, 2.45) is 11.8 Å². The highest BCUT2D eigenvalue weighted by molar-refractivity contribution is 14.1. The number of allylic oxidation sites excluding steroid dienone is 3. The molecule has 1 aliphatic rings. The van der Waals surface area contributed by atoms with Crippen LogP contribution in [0.5, 0.6) is 0 Å². The van der Waals surface area contributed by atoms with E-state index in [0.717, 1.165) is 16.1 Å². The van der Waals surface area contributed by atoms with Crippen molar-refractivity contribution in [2.45, 2.75) is 31.8 Å². The molecule has 5 heteroatoms. The van der Waals surface area contributed by atoms with E-state index in [2.05, 4.69) is 170 Å². The second-order valence-electron chi connectivity index (χ2n) is 10.0. The molecule has 0 fully saturated rings. The first-order valence-corrected chi connectivity index (χ1v) is 16.6. The fourth-order valence-corrected chi connectivity index (χ4v) is 13.4. The third kappa shape index (κ3) is 4.36. The minimum atomic E-state index is -2.95. The number of rotatable bonds is 6. The quantitative estimate of drug-likeness (QED) is 0.0649. The number of anilines is 1. The van der Waals surface area contributed by atoms with Gasteiger partial charge in [0, 0.05) is 10.1 Å². The Kier molecular flexibility index (Phi) is 7.33. The van der Waals surface area contributed by atoms with Crippen molar-refractivity contribution in [1.82, 2.24) is 0 Å². The fraction of sp³-hybridized carbons (Fsp3) is 0.125. The van der Waals surface area contributed by atoms with Gasteiger partial charge in [-0.25, -0.2) is 18.2 Å². The van der Waals surface area contributed by atoms with Crippen molar-refractivity contribution in [3.8, 4) is 0 Å². The summed E-state index contributed by atoms with van der Waals surface area (Å²) in [5.74, 6) is 6.37. The van der Waals surface area contributed by atoms with Gasteiger partial charge < -0.3 is 0 Å². The zero-order chi connectivity index (χ0) is 26.1. The van der Waals surface area contributed by atoms with Crippen LogP contribution >= 0.6 is 44.7 Å². The molecule has 0 heterocycles. The first-order chi connectivity index (χ1) is 17.8. The maximum atomic E-state index is 6.07. The molecule has 190 valence electrons. The lowest BCUT2D eigenvalue weighted by molar-refractivity contribution is 0.736. The number of benzene rings is 4. The summed E-state index contributed by atoms with van der Waals surface area (Å²) in [6.07, 6.45) is 9.79. The first kappa shape index (κ1) is 26.2. The second kappa shape index (κ2) is 10.4. The van der Waals surface area contributed by atoms with E-state index in [1.165, 1.54) is 20.3 Å². The summed E-state index contributed by atoms with van der Waals surface area (Å²) in [6, 6.07) is 39.8. The van der Waals surface area contributed by atoms with Crippen molar-refractivity contribution in [3.63, 3.8) is 0 Å². The van der Waals surface area contributed by atoms with Crippen LogP contribution in [0.2, 0.25) is 0 Å². The minimum absolute atomic E-state index is 0.293. The Morgan fingerprint density at radius 3 is 1.70 bits per heavy atom. The molecular weight excluding hydrogens is 603 g/mol. The topological polar surface area (TPSA) is 29.3 Å². The molecule has 0 bridgehead atoms. The van der Waals surface area contributed by atoms with Crippen LogP contribution in [0.3, 0.4) is 0 Å². The van der Waals surface area contributed by atoms with Crippen LogP contribution in [0.15, 0.2) is 147 Å². The number of hydrogen-bond donors (Lipinski definition) is 3. The van der Waals surface area contributed by atoms with E-state index in [9.17, 15) is 0 Å². The Labute approximate surface area is 240 Å². The van der Waals surface area contributed by atoms with Crippen LogP contribution in [-0.2, 0) is 0 Å². The van der Waals surface area contributed by atoms with Crippen LogP contribution in [0.25, 0.3) is 5.57 Å². The van der Waals surface area contributed by atoms with E-state index in [4.69, 9.17) is 5.84 Å². The molecule has 2 N–H and O–H groups in total. The van der Waals surface area contributed by atoms with E-state index in [1.54, 1.807) is 3.22 Å². The molecule has 0 saturated heterocycles. The molecule has 0 aromatic heterocycles. The highest BCUT2D eigenvalue weighted by Crippen LogP contribution is 2.87. The standard InChI is InChI=1S/C32H33IN2S2/c1-24-22-25(26-18-20-31(36)30(23-26)35(33)34)19-21-32(24)37(2,27-12-6-3-7-13-27,28-14-8-4-9-15-28)29-16-10-5-11-17-29/h3-24,32,36-37H,34H2,1-2H3. The fourth-order valence-electron chi connectivity index (χ4n) is 6.08. The predicted octanol–water partition coefficient (Wildman–Crippen LogP) is 8.84. The van der Waals surface area contributed by atoms with Crippen LogP contribution in [0, 0.1) is 5.92 Å². The summed E-state index contributed by atoms with van der Waals surface area (Å²) >= 11 is 6.68. The zero-order valence-corrected chi connectivity index (χ0v) is 25.0. The average Bonchev–Trinajstić information content (AvgIpc) is 2.94. The first-order valence-electron chi connectivity index (χ1n) is 12.5. The van der Waals surface area contributed by atoms with Gasteiger partial charge in [-0.3, -0.25) is 0 Å². The Morgan fingerprint density at radius 1 is 0.784 bits per heavy atom. The second-order valence-corrected chi connectivity index (χ2v) is 17.0. The predicted molar refractivity (Wildman–Crippen MR) is 173 cm³/mol. The van der Waals surface area contributed by atoms with Crippen molar-refractivity contribution in [2.75, 3.05) is 9.48 Å². The number of halogens is 1. The van der Waals surface area contributed by atoms with Gasteiger partial charge >= 0.3 is 0 Å². The Hall–Kier alpha value is -2.45.